The van der Waals surface area contributed by atoms with Gasteiger partial charge in [-0.2, -0.15) is 0 Å². The van der Waals surface area contributed by atoms with Crippen LogP contribution < -0.4 is 0 Å². The highest BCUT2D eigenvalue weighted by Crippen LogP contribution is 2.53. The molecule has 62 valence electrons. The zero-order valence-corrected chi connectivity index (χ0v) is 8.20. The van der Waals surface area contributed by atoms with Crippen molar-refractivity contribution in [3.05, 3.63) is 0 Å². The van der Waals surface area contributed by atoms with Crippen LogP contribution in [0.5, 0.6) is 0 Å². The van der Waals surface area contributed by atoms with Gasteiger partial charge in [-0.25, -0.2) is 0 Å². The molecule has 0 N–H and O–H groups in total. The lowest BCUT2D eigenvalue weighted by Crippen LogP contribution is -1.90. The molecule has 0 spiro atoms. The second-order valence-corrected chi connectivity index (χ2v) is 3.82. The summed E-state index contributed by atoms with van der Waals surface area (Å²) in [7, 11) is 0. The van der Waals surface area contributed by atoms with Crippen molar-refractivity contribution < 1.29 is 0 Å². The van der Waals surface area contributed by atoms with Gasteiger partial charge in [0.25, 0.3) is 0 Å². The Hall–Kier alpha value is 0. The first-order chi connectivity index (χ1) is 4.60. The summed E-state index contributed by atoms with van der Waals surface area (Å²) in [6.07, 6.45) is 4.08. The topological polar surface area (TPSA) is 0 Å². The predicted molar refractivity (Wildman–Crippen MR) is 48.1 cm³/mol. The Labute approximate surface area is 66.0 Å². The number of rotatable bonds is 1. The first-order valence-corrected chi connectivity index (χ1v) is 4.60. The number of hydrogen-bond acceptors (Lipinski definition) is 0. The molecular weight excluding hydrogens is 120 g/mol. The van der Waals surface area contributed by atoms with Crippen LogP contribution in [0.2, 0.25) is 0 Å². The summed E-state index contributed by atoms with van der Waals surface area (Å²) >= 11 is 0. The zero-order valence-electron chi connectivity index (χ0n) is 8.20. The highest BCUT2D eigenvalue weighted by molar-refractivity contribution is 4.94. The molecule has 0 saturated heterocycles. The van der Waals surface area contributed by atoms with Crippen LogP contribution in [0.15, 0.2) is 0 Å². The lowest BCUT2D eigenvalue weighted by atomic mass is 10.0. The largest absolute Gasteiger partial charge is 0.0656 e. The molecule has 1 saturated carbocycles. The highest BCUT2D eigenvalue weighted by Gasteiger charge is 2.44. The standard InChI is InChI=1S/C7H14.C3H8/c1-4-7(3)5-6(7)2;1-3-2/h6H,4-5H2,1-3H3;3H2,1-2H3. The Morgan fingerprint density at radius 2 is 1.60 bits per heavy atom. The van der Waals surface area contributed by atoms with Gasteiger partial charge in [-0.1, -0.05) is 47.5 Å². The normalized spacial score (nSPS) is 36.3. The van der Waals surface area contributed by atoms with E-state index in [-0.39, 0.29) is 0 Å². The SMILES string of the molecule is CCC.CCC1(C)CC1C. The molecule has 1 rings (SSSR count). The second-order valence-electron chi connectivity index (χ2n) is 3.82. The summed E-state index contributed by atoms with van der Waals surface area (Å²) in [4.78, 5) is 0. The smallest absolute Gasteiger partial charge is 0.0300 e. The van der Waals surface area contributed by atoms with Crippen molar-refractivity contribution in [2.45, 2.75) is 53.9 Å². The third kappa shape index (κ3) is 2.72. The van der Waals surface area contributed by atoms with Gasteiger partial charge < -0.3 is 0 Å². The molecule has 1 fully saturated rings. The monoisotopic (exact) mass is 142 g/mol. The van der Waals surface area contributed by atoms with Crippen LogP contribution in [0.4, 0.5) is 0 Å². The van der Waals surface area contributed by atoms with Crippen molar-refractivity contribution in [3.63, 3.8) is 0 Å². The molecule has 0 aromatic rings. The van der Waals surface area contributed by atoms with Gasteiger partial charge in [-0.05, 0) is 17.8 Å². The zero-order chi connectivity index (χ0) is 8.20. The maximum atomic E-state index is 2.37. The van der Waals surface area contributed by atoms with Gasteiger partial charge in [0.2, 0.25) is 0 Å². The lowest BCUT2D eigenvalue weighted by Gasteiger charge is -2.00. The van der Waals surface area contributed by atoms with Crippen LogP contribution in [0, 0.1) is 11.3 Å². The number of hydrogen-bond donors (Lipinski definition) is 0. The average molecular weight is 142 g/mol. The lowest BCUT2D eigenvalue weighted by molar-refractivity contribution is 0.502. The van der Waals surface area contributed by atoms with Gasteiger partial charge in [0.05, 0.1) is 0 Å². The van der Waals surface area contributed by atoms with E-state index in [0.717, 1.165) is 11.3 Å². The maximum Gasteiger partial charge on any atom is -0.0300 e. The van der Waals surface area contributed by atoms with Crippen LogP contribution in [0.3, 0.4) is 0 Å². The first kappa shape index (κ1) is 10.0. The summed E-state index contributed by atoms with van der Waals surface area (Å²) in [5.74, 6) is 1.01. The van der Waals surface area contributed by atoms with Gasteiger partial charge in [0, 0.05) is 0 Å². The fourth-order valence-corrected chi connectivity index (χ4v) is 1.13. The van der Waals surface area contributed by atoms with Gasteiger partial charge in [-0.15, -0.1) is 0 Å². The van der Waals surface area contributed by atoms with Crippen LogP contribution in [-0.2, 0) is 0 Å². The molecule has 0 bridgehead atoms. The Balaban J connectivity index is 0.000000236. The van der Waals surface area contributed by atoms with Gasteiger partial charge in [0.15, 0.2) is 0 Å². The summed E-state index contributed by atoms with van der Waals surface area (Å²) in [6.45, 7) is 11.2. The van der Waals surface area contributed by atoms with Crippen LogP contribution in [0.25, 0.3) is 0 Å². The van der Waals surface area contributed by atoms with Gasteiger partial charge in [0.1, 0.15) is 0 Å². The summed E-state index contributed by atoms with van der Waals surface area (Å²) in [5.41, 5.74) is 0.750. The fraction of sp³-hybridized carbons (Fsp3) is 1.00. The Morgan fingerprint density at radius 1 is 1.30 bits per heavy atom. The van der Waals surface area contributed by atoms with Crippen molar-refractivity contribution in [1.82, 2.24) is 0 Å². The molecule has 0 amide bonds. The summed E-state index contributed by atoms with van der Waals surface area (Å²) in [5, 5.41) is 0. The molecule has 0 aromatic carbocycles. The van der Waals surface area contributed by atoms with Gasteiger partial charge >= 0.3 is 0 Å². The molecule has 2 unspecified atom stereocenters. The van der Waals surface area contributed by atoms with Crippen molar-refractivity contribution in [2.24, 2.45) is 11.3 Å². The van der Waals surface area contributed by atoms with Gasteiger partial charge in [-0.3, -0.25) is 0 Å². The van der Waals surface area contributed by atoms with Crippen LogP contribution in [-0.4, -0.2) is 0 Å². The van der Waals surface area contributed by atoms with Crippen LogP contribution >= 0.6 is 0 Å². The Kier molecular flexibility index (Phi) is 4.00. The minimum atomic E-state index is 0.750. The first-order valence-electron chi connectivity index (χ1n) is 4.60. The average Bonchev–Trinajstić information content (AvgIpc) is 2.45. The molecule has 0 heterocycles. The van der Waals surface area contributed by atoms with E-state index < -0.39 is 0 Å². The molecule has 1 aliphatic rings. The second kappa shape index (κ2) is 4.00. The molecule has 10 heavy (non-hydrogen) atoms. The van der Waals surface area contributed by atoms with E-state index >= 15 is 0 Å². The van der Waals surface area contributed by atoms with E-state index in [0.29, 0.717) is 0 Å². The van der Waals surface area contributed by atoms with Crippen molar-refractivity contribution >= 4 is 0 Å². The fourth-order valence-electron chi connectivity index (χ4n) is 1.13. The van der Waals surface area contributed by atoms with E-state index in [1.807, 2.05) is 0 Å². The van der Waals surface area contributed by atoms with Crippen molar-refractivity contribution in [1.29, 1.82) is 0 Å². The van der Waals surface area contributed by atoms with E-state index in [1.54, 1.807) is 0 Å². The molecule has 0 aliphatic heterocycles. The molecule has 0 radical (unpaired) electrons. The molecule has 0 heteroatoms. The minimum Gasteiger partial charge on any atom is -0.0656 e. The summed E-state index contributed by atoms with van der Waals surface area (Å²) < 4.78 is 0. The molecule has 2 atom stereocenters. The van der Waals surface area contributed by atoms with E-state index in [2.05, 4.69) is 34.6 Å². The predicted octanol–water partition coefficient (Wildman–Crippen LogP) is 3.86. The molecule has 0 nitrogen and oxygen atoms in total. The molecule has 1 aliphatic carbocycles. The Morgan fingerprint density at radius 3 is 1.60 bits per heavy atom. The minimum absolute atomic E-state index is 0.750. The molecular formula is C10H22. The summed E-state index contributed by atoms with van der Waals surface area (Å²) in [6, 6.07) is 0. The maximum absolute atomic E-state index is 2.37. The Bertz CT molecular complexity index is 82.0. The van der Waals surface area contributed by atoms with Crippen molar-refractivity contribution in [2.75, 3.05) is 0 Å². The van der Waals surface area contributed by atoms with E-state index in [4.69, 9.17) is 0 Å². The highest BCUT2D eigenvalue weighted by atomic mass is 14.5. The van der Waals surface area contributed by atoms with Crippen LogP contribution in [0.1, 0.15) is 53.9 Å². The third-order valence-corrected chi connectivity index (χ3v) is 2.61. The van der Waals surface area contributed by atoms with E-state index in [1.165, 1.54) is 19.3 Å². The van der Waals surface area contributed by atoms with Crippen molar-refractivity contribution in [3.8, 4) is 0 Å². The third-order valence-electron chi connectivity index (χ3n) is 2.61. The van der Waals surface area contributed by atoms with E-state index in [9.17, 15) is 0 Å². The molecule has 0 aromatic heterocycles. The quantitative estimate of drug-likeness (QED) is 0.521.